The van der Waals surface area contributed by atoms with Crippen molar-refractivity contribution in [2.45, 2.75) is 26.4 Å². The molecule has 0 saturated carbocycles. The lowest BCUT2D eigenvalue weighted by Gasteiger charge is -2.20. The van der Waals surface area contributed by atoms with E-state index in [0.717, 1.165) is 33.7 Å². The Morgan fingerprint density at radius 2 is 1.68 bits per heavy atom. The van der Waals surface area contributed by atoms with Crippen LogP contribution < -0.4 is 15.4 Å². The minimum atomic E-state index is -0.481. The largest absolute Gasteiger partial charge is 0.496 e. The number of rotatable bonds is 7. The van der Waals surface area contributed by atoms with Crippen LogP contribution in [0.5, 0.6) is 5.75 Å². The number of anilines is 1. The Labute approximate surface area is 166 Å². The second kappa shape index (κ2) is 9.20. The fourth-order valence-electron chi connectivity index (χ4n) is 3.14. The Balaban J connectivity index is 1.83. The van der Waals surface area contributed by atoms with E-state index in [4.69, 9.17) is 4.74 Å². The molecule has 4 nitrogen and oxygen atoms in total. The summed E-state index contributed by atoms with van der Waals surface area (Å²) in [6.07, 6.45) is 0. The van der Waals surface area contributed by atoms with Gasteiger partial charge in [-0.05, 0) is 42.7 Å². The molecule has 3 aromatic rings. The summed E-state index contributed by atoms with van der Waals surface area (Å²) < 4.78 is 5.43. The van der Waals surface area contributed by atoms with Crippen LogP contribution in [0.3, 0.4) is 0 Å². The lowest BCUT2D eigenvalue weighted by Crippen LogP contribution is -2.33. The third-order valence-electron chi connectivity index (χ3n) is 4.74. The molecule has 1 atom stereocenters. The number of carbonyl (C=O) groups is 1. The zero-order valence-corrected chi connectivity index (χ0v) is 16.5. The summed E-state index contributed by atoms with van der Waals surface area (Å²) in [7, 11) is 1.65. The van der Waals surface area contributed by atoms with Gasteiger partial charge in [0.2, 0.25) is 5.91 Å². The number of ether oxygens (including phenoxy) is 1. The van der Waals surface area contributed by atoms with Gasteiger partial charge in [-0.25, -0.2) is 0 Å². The highest BCUT2D eigenvalue weighted by Crippen LogP contribution is 2.22. The van der Waals surface area contributed by atoms with Crippen molar-refractivity contribution in [1.82, 2.24) is 5.32 Å². The zero-order valence-electron chi connectivity index (χ0n) is 16.5. The number of nitrogens with one attached hydrogen (secondary N) is 2. The number of amides is 1. The summed E-state index contributed by atoms with van der Waals surface area (Å²) in [5.74, 6) is 0.714. The molecule has 0 spiro atoms. The van der Waals surface area contributed by atoms with Gasteiger partial charge >= 0.3 is 0 Å². The molecule has 0 fully saturated rings. The SMILES string of the molecule is COc1ccccc1CN[C@@H](C(=O)Nc1cc(C)ccc1C)c1ccccc1. The number of aryl methyl sites for hydroxylation is 2. The summed E-state index contributed by atoms with van der Waals surface area (Å²) >= 11 is 0. The summed E-state index contributed by atoms with van der Waals surface area (Å²) in [6, 6.07) is 23.1. The summed E-state index contributed by atoms with van der Waals surface area (Å²) in [5.41, 5.74) is 4.91. The number of hydrogen-bond acceptors (Lipinski definition) is 3. The standard InChI is InChI=1S/C24H26N2O2/c1-17-13-14-18(2)21(15-17)26-24(27)23(19-9-5-4-6-10-19)25-16-20-11-7-8-12-22(20)28-3/h4-15,23,25H,16H2,1-3H3,(H,26,27)/t23-/m1/s1. The van der Waals surface area contributed by atoms with Crippen molar-refractivity contribution in [3.63, 3.8) is 0 Å². The molecule has 3 rings (SSSR count). The van der Waals surface area contributed by atoms with Gasteiger partial charge in [0.15, 0.2) is 0 Å². The van der Waals surface area contributed by atoms with Crippen molar-refractivity contribution >= 4 is 11.6 Å². The fraction of sp³-hybridized carbons (Fsp3) is 0.208. The van der Waals surface area contributed by atoms with E-state index in [1.54, 1.807) is 7.11 Å². The molecule has 0 aliphatic carbocycles. The molecule has 0 heterocycles. The van der Waals surface area contributed by atoms with Gasteiger partial charge in [0, 0.05) is 17.8 Å². The van der Waals surface area contributed by atoms with Gasteiger partial charge in [0.1, 0.15) is 11.8 Å². The monoisotopic (exact) mass is 374 g/mol. The molecule has 28 heavy (non-hydrogen) atoms. The number of para-hydroxylation sites is 1. The smallest absolute Gasteiger partial charge is 0.246 e. The van der Waals surface area contributed by atoms with Crippen LogP contribution in [0.4, 0.5) is 5.69 Å². The van der Waals surface area contributed by atoms with E-state index in [2.05, 4.69) is 10.6 Å². The Hall–Kier alpha value is -3.11. The second-order valence-electron chi connectivity index (χ2n) is 6.84. The first-order valence-electron chi connectivity index (χ1n) is 9.37. The lowest BCUT2D eigenvalue weighted by atomic mass is 10.0. The van der Waals surface area contributed by atoms with Gasteiger partial charge in [0.25, 0.3) is 0 Å². The molecule has 0 aliphatic rings. The van der Waals surface area contributed by atoms with E-state index in [1.165, 1.54) is 0 Å². The number of methoxy groups -OCH3 is 1. The van der Waals surface area contributed by atoms with Crippen molar-refractivity contribution in [3.8, 4) is 5.75 Å². The van der Waals surface area contributed by atoms with E-state index in [9.17, 15) is 4.79 Å². The van der Waals surface area contributed by atoms with Gasteiger partial charge < -0.3 is 10.1 Å². The molecule has 0 unspecified atom stereocenters. The Bertz CT molecular complexity index is 938. The maximum atomic E-state index is 13.1. The zero-order chi connectivity index (χ0) is 19.9. The highest BCUT2D eigenvalue weighted by atomic mass is 16.5. The molecule has 144 valence electrons. The molecule has 0 saturated heterocycles. The first-order valence-corrected chi connectivity index (χ1v) is 9.37. The van der Waals surface area contributed by atoms with Gasteiger partial charge in [-0.3, -0.25) is 10.1 Å². The minimum Gasteiger partial charge on any atom is -0.496 e. The van der Waals surface area contributed by atoms with Gasteiger partial charge in [-0.15, -0.1) is 0 Å². The first-order chi connectivity index (χ1) is 13.6. The van der Waals surface area contributed by atoms with Crippen LogP contribution in [-0.4, -0.2) is 13.0 Å². The van der Waals surface area contributed by atoms with Crippen LogP contribution in [0.1, 0.15) is 28.3 Å². The molecular weight excluding hydrogens is 348 g/mol. The molecule has 0 radical (unpaired) electrons. The molecule has 0 bridgehead atoms. The van der Waals surface area contributed by atoms with Gasteiger partial charge in [-0.2, -0.15) is 0 Å². The number of hydrogen-bond donors (Lipinski definition) is 2. The van der Waals surface area contributed by atoms with E-state index < -0.39 is 6.04 Å². The average Bonchev–Trinajstić information content (AvgIpc) is 2.72. The van der Waals surface area contributed by atoms with E-state index in [1.807, 2.05) is 86.6 Å². The van der Waals surface area contributed by atoms with Crippen LogP contribution >= 0.6 is 0 Å². The quantitative estimate of drug-likeness (QED) is 0.626. The first kappa shape index (κ1) is 19.6. The maximum absolute atomic E-state index is 13.1. The van der Waals surface area contributed by atoms with Gasteiger partial charge in [0.05, 0.1) is 7.11 Å². The summed E-state index contributed by atoms with van der Waals surface area (Å²) in [5, 5.41) is 6.47. The van der Waals surface area contributed by atoms with Crippen molar-refractivity contribution in [3.05, 3.63) is 95.1 Å². The van der Waals surface area contributed by atoms with Crippen molar-refractivity contribution in [2.24, 2.45) is 0 Å². The normalized spacial score (nSPS) is 11.7. The van der Waals surface area contributed by atoms with Gasteiger partial charge in [-0.1, -0.05) is 60.7 Å². The van der Waals surface area contributed by atoms with E-state index >= 15 is 0 Å². The predicted molar refractivity (Wildman–Crippen MR) is 114 cm³/mol. The molecule has 4 heteroatoms. The molecule has 0 aromatic heterocycles. The van der Waals surface area contributed by atoms with Crippen LogP contribution in [0, 0.1) is 13.8 Å². The predicted octanol–water partition coefficient (Wildman–Crippen LogP) is 4.78. The average molecular weight is 374 g/mol. The molecule has 0 aliphatic heterocycles. The third kappa shape index (κ3) is 4.78. The molecule has 1 amide bonds. The third-order valence-corrected chi connectivity index (χ3v) is 4.74. The number of carbonyl (C=O) groups excluding carboxylic acids is 1. The summed E-state index contributed by atoms with van der Waals surface area (Å²) in [4.78, 5) is 13.1. The maximum Gasteiger partial charge on any atom is 0.246 e. The van der Waals surface area contributed by atoms with Crippen LogP contribution in [0.2, 0.25) is 0 Å². The van der Waals surface area contributed by atoms with E-state index in [-0.39, 0.29) is 5.91 Å². The Morgan fingerprint density at radius 1 is 0.964 bits per heavy atom. The molecule has 2 N–H and O–H groups in total. The summed E-state index contributed by atoms with van der Waals surface area (Å²) in [6.45, 7) is 4.53. The van der Waals surface area contributed by atoms with Crippen LogP contribution in [0.25, 0.3) is 0 Å². The minimum absolute atomic E-state index is 0.0882. The highest BCUT2D eigenvalue weighted by Gasteiger charge is 2.21. The molecular formula is C24H26N2O2. The van der Waals surface area contributed by atoms with E-state index in [0.29, 0.717) is 6.54 Å². The second-order valence-corrected chi connectivity index (χ2v) is 6.84. The topological polar surface area (TPSA) is 50.4 Å². The number of benzene rings is 3. The Kier molecular flexibility index (Phi) is 6.45. The van der Waals surface area contributed by atoms with Crippen molar-refractivity contribution < 1.29 is 9.53 Å². The highest BCUT2D eigenvalue weighted by molar-refractivity contribution is 5.96. The lowest BCUT2D eigenvalue weighted by molar-refractivity contribution is -0.118. The van der Waals surface area contributed by atoms with Crippen LogP contribution in [-0.2, 0) is 11.3 Å². The van der Waals surface area contributed by atoms with Crippen molar-refractivity contribution in [2.75, 3.05) is 12.4 Å². The Morgan fingerprint density at radius 3 is 2.43 bits per heavy atom. The fourth-order valence-corrected chi connectivity index (χ4v) is 3.14. The molecule has 3 aromatic carbocycles. The van der Waals surface area contributed by atoms with Crippen LogP contribution in [0.15, 0.2) is 72.8 Å². The van der Waals surface area contributed by atoms with Crippen molar-refractivity contribution in [1.29, 1.82) is 0 Å².